The van der Waals surface area contributed by atoms with Crippen LogP contribution in [0, 0.1) is 6.92 Å². The Balaban J connectivity index is 1.85. The summed E-state index contributed by atoms with van der Waals surface area (Å²) in [5, 5.41) is 4.86. The molecule has 1 heterocycles. The van der Waals surface area contributed by atoms with E-state index in [9.17, 15) is 4.79 Å². The molecule has 2 rings (SSSR count). The fourth-order valence-electron chi connectivity index (χ4n) is 1.61. The number of amides is 1. The summed E-state index contributed by atoms with van der Waals surface area (Å²) in [6.45, 7) is 2.61. The largest absolute Gasteiger partial charge is 0.348 e. The van der Waals surface area contributed by atoms with Crippen molar-refractivity contribution in [3.8, 4) is 0 Å². The predicted octanol–water partition coefficient (Wildman–Crippen LogP) is 3.39. The van der Waals surface area contributed by atoms with Crippen LogP contribution in [0.5, 0.6) is 0 Å². The van der Waals surface area contributed by atoms with E-state index in [4.69, 9.17) is 0 Å². The van der Waals surface area contributed by atoms with Gasteiger partial charge in [0.05, 0.1) is 0 Å². The summed E-state index contributed by atoms with van der Waals surface area (Å²) in [5.74, 6) is -0.0649. The summed E-state index contributed by atoms with van der Waals surface area (Å²) in [4.78, 5) is 12.7. The van der Waals surface area contributed by atoms with Gasteiger partial charge in [-0.3, -0.25) is 4.79 Å². The summed E-state index contributed by atoms with van der Waals surface area (Å²) in [6, 6.07) is 12.1. The van der Waals surface area contributed by atoms with Gasteiger partial charge < -0.3 is 5.32 Å². The number of hydrogen-bond acceptors (Lipinski definition) is 2. The van der Waals surface area contributed by atoms with E-state index in [1.54, 1.807) is 17.4 Å². The zero-order chi connectivity index (χ0) is 12.8. The molecule has 1 amide bonds. The van der Waals surface area contributed by atoms with Crippen molar-refractivity contribution in [2.45, 2.75) is 13.5 Å². The third kappa shape index (κ3) is 3.86. The Labute approximate surface area is 111 Å². The second kappa shape index (κ2) is 6.17. The van der Waals surface area contributed by atoms with Crippen LogP contribution in [0.15, 0.2) is 47.9 Å². The number of thiophene rings is 1. The number of carbonyl (C=O) groups excluding carboxylic acids is 1. The number of rotatable bonds is 4. The molecule has 0 aliphatic rings. The third-order valence-corrected chi connectivity index (χ3v) is 3.33. The van der Waals surface area contributed by atoms with Gasteiger partial charge in [0.2, 0.25) is 5.91 Å². The Morgan fingerprint density at radius 2 is 2.22 bits per heavy atom. The van der Waals surface area contributed by atoms with E-state index >= 15 is 0 Å². The van der Waals surface area contributed by atoms with Crippen LogP contribution in [0.1, 0.15) is 16.0 Å². The number of carbonyl (C=O) groups is 1. The minimum Gasteiger partial charge on any atom is -0.348 e. The first-order chi connectivity index (χ1) is 8.74. The van der Waals surface area contributed by atoms with Crippen molar-refractivity contribution in [2.75, 3.05) is 0 Å². The van der Waals surface area contributed by atoms with Gasteiger partial charge >= 0.3 is 0 Å². The van der Waals surface area contributed by atoms with E-state index in [2.05, 4.69) is 11.4 Å². The van der Waals surface area contributed by atoms with Crippen molar-refractivity contribution < 1.29 is 4.79 Å². The zero-order valence-electron chi connectivity index (χ0n) is 10.2. The summed E-state index contributed by atoms with van der Waals surface area (Å²) in [7, 11) is 0. The average molecular weight is 257 g/mol. The Morgan fingerprint density at radius 1 is 1.33 bits per heavy atom. The standard InChI is InChI=1S/C15H15NOS/c1-12-4-2-5-13(10-12)11-16-15(17)8-7-14-6-3-9-18-14/h2-10H,11H2,1H3,(H,16,17). The Bertz CT molecular complexity index is 543. The third-order valence-electron chi connectivity index (χ3n) is 2.49. The maximum absolute atomic E-state index is 11.6. The Kier molecular flexibility index (Phi) is 4.31. The van der Waals surface area contributed by atoms with Crippen LogP contribution in [0.4, 0.5) is 0 Å². The molecule has 2 nitrogen and oxygen atoms in total. The second-order valence-corrected chi connectivity index (χ2v) is 5.03. The summed E-state index contributed by atoms with van der Waals surface area (Å²) in [6.07, 6.45) is 3.40. The van der Waals surface area contributed by atoms with Gasteiger partial charge in [-0.2, -0.15) is 0 Å². The van der Waals surface area contributed by atoms with E-state index in [1.165, 1.54) is 5.56 Å². The van der Waals surface area contributed by atoms with Gasteiger partial charge in [0, 0.05) is 17.5 Å². The molecule has 0 bridgehead atoms. The number of aryl methyl sites for hydroxylation is 1. The van der Waals surface area contributed by atoms with Crippen molar-refractivity contribution in [1.82, 2.24) is 5.32 Å². The van der Waals surface area contributed by atoms with Crippen molar-refractivity contribution in [3.05, 3.63) is 63.9 Å². The van der Waals surface area contributed by atoms with Gasteiger partial charge in [0.1, 0.15) is 0 Å². The van der Waals surface area contributed by atoms with Gasteiger partial charge in [0.25, 0.3) is 0 Å². The quantitative estimate of drug-likeness (QED) is 0.836. The highest BCUT2D eigenvalue weighted by atomic mass is 32.1. The highest BCUT2D eigenvalue weighted by Gasteiger charge is 1.97. The van der Waals surface area contributed by atoms with Crippen LogP contribution >= 0.6 is 11.3 Å². The monoisotopic (exact) mass is 257 g/mol. The van der Waals surface area contributed by atoms with Gasteiger partial charge in [-0.15, -0.1) is 11.3 Å². The first-order valence-electron chi connectivity index (χ1n) is 5.79. The molecule has 0 aliphatic heterocycles. The van der Waals surface area contributed by atoms with Crippen LogP contribution < -0.4 is 5.32 Å². The molecule has 0 saturated carbocycles. The lowest BCUT2D eigenvalue weighted by molar-refractivity contribution is -0.116. The molecule has 0 aliphatic carbocycles. The molecule has 0 unspecified atom stereocenters. The van der Waals surface area contributed by atoms with E-state index in [0.717, 1.165) is 10.4 Å². The maximum atomic E-state index is 11.6. The van der Waals surface area contributed by atoms with Crippen LogP contribution in [0.25, 0.3) is 6.08 Å². The molecule has 0 saturated heterocycles. The molecular formula is C15H15NOS. The summed E-state index contributed by atoms with van der Waals surface area (Å²) >= 11 is 1.61. The van der Waals surface area contributed by atoms with E-state index in [-0.39, 0.29) is 5.91 Å². The van der Waals surface area contributed by atoms with Gasteiger partial charge in [0.15, 0.2) is 0 Å². The minimum atomic E-state index is -0.0649. The first-order valence-corrected chi connectivity index (χ1v) is 6.67. The van der Waals surface area contributed by atoms with Crippen LogP contribution in [0.3, 0.4) is 0 Å². The normalized spacial score (nSPS) is 10.7. The van der Waals surface area contributed by atoms with Crippen molar-refractivity contribution in [3.63, 3.8) is 0 Å². The Morgan fingerprint density at radius 3 is 2.94 bits per heavy atom. The van der Waals surface area contributed by atoms with E-state index < -0.39 is 0 Å². The molecular weight excluding hydrogens is 242 g/mol. The van der Waals surface area contributed by atoms with E-state index in [0.29, 0.717) is 6.54 Å². The minimum absolute atomic E-state index is 0.0649. The zero-order valence-corrected chi connectivity index (χ0v) is 11.0. The van der Waals surface area contributed by atoms with Crippen molar-refractivity contribution >= 4 is 23.3 Å². The van der Waals surface area contributed by atoms with Crippen LogP contribution in [-0.4, -0.2) is 5.91 Å². The molecule has 0 spiro atoms. The Hall–Kier alpha value is -1.87. The lowest BCUT2D eigenvalue weighted by Gasteiger charge is -2.03. The number of nitrogens with one attached hydrogen (secondary N) is 1. The average Bonchev–Trinajstić information content (AvgIpc) is 2.87. The first kappa shape index (κ1) is 12.6. The van der Waals surface area contributed by atoms with Crippen LogP contribution in [0.2, 0.25) is 0 Å². The summed E-state index contributed by atoms with van der Waals surface area (Å²) < 4.78 is 0. The van der Waals surface area contributed by atoms with Gasteiger partial charge in [-0.25, -0.2) is 0 Å². The lowest BCUT2D eigenvalue weighted by atomic mass is 10.1. The highest BCUT2D eigenvalue weighted by molar-refractivity contribution is 7.10. The molecule has 2 aromatic rings. The fourth-order valence-corrected chi connectivity index (χ4v) is 2.23. The van der Waals surface area contributed by atoms with Gasteiger partial charge in [-0.1, -0.05) is 35.9 Å². The molecule has 0 atom stereocenters. The molecule has 0 fully saturated rings. The fraction of sp³-hybridized carbons (Fsp3) is 0.133. The molecule has 0 radical (unpaired) electrons. The number of benzene rings is 1. The van der Waals surface area contributed by atoms with Crippen LogP contribution in [-0.2, 0) is 11.3 Å². The van der Waals surface area contributed by atoms with Crippen molar-refractivity contribution in [1.29, 1.82) is 0 Å². The summed E-state index contributed by atoms with van der Waals surface area (Å²) in [5.41, 5.74) is 2.32. The lowest BCUT2D eigenvalue weighted by Crippen LogP contribution is -2.20. The molecule has 1 aromatic carbocycles. The molecule has 3 heteroatoms. The van der Waals surface area contributed by atoms with Gasteiger partial charge in [-0.05, 0) is 30.0 Å². The SMILES string of the molecule is Cc1cccc(CNC(=O)C=Cc2cccs2)c1. The highest BCUT2D eigenvalue weighted by Crippen LogP contribution is 2.10. The molecule has 92 valence electrons. The second-order valence-electron chi connectivity index (χ2n) is 4.06. The van der Waals surface area contributed by atoms with E-state index in [1.807, 2.05) is 48.7 Å². The molecule has 1 aromatic heterocycles. The topological polar surface area (TPSA) is 29.1 Å². The number of hydrogen-bond donors (Lipinski definition) is 1. The maximum Gasteiger partial charge on any atom is 0.244 e. The van der Waals surface area contributed by atoms with Crippen molar-refractivity contribution in [2.24, 2.45) is 0 Å². The molecule has 18 heavy (non-hydrogen) atoms. The molecule has 1 N–H and O–H groups in total. The smallest absolute Gasteiger partial charge is 0.244 e. The predicted molar refractivity (Wildman–Crippen MR) is 76.4 cm³/mol.